The van der Waals surface area contributed by atoms with Crippen LogP contribution < -0.4 is 10.5 Å². The number of nitrogens with two attached hydrogens (primary N) is 1. The normalized spacial score (nSPS) is 10.4. The van der Waals surface area contributed by atoms with Gasteiger partial charge in [-0.1, -0.05) is 6.07 Å². The summed E-state index contributed by atoms with van der Waals surface area (Å²) in [6.45, 7) is 4.98. The predicted octanol–water partition coefficient (Wildman–Crippen LogP) is 2.49. The third-order valence-corrected chi connectivity index (χ3v) is 3.65. The number of hydrogen-bond acceptors (Lipinski definition) is 5. The van der Waals surface area contributed by atoms with Crippen molar-refractivity contribution in [3.05, 3.63) is 40.4 Å². The van der Waals surface area contributed by atoms with E-state index in [1.165, 1.54) is 11.3 Å². The zero-order chi connectivity index (χ0) is 15.4. The molecule has 0 bridgehead atoms. The van der Waals surface area contributed by atoms with Crippen molar-refractivity contribution >= 4 is 22.4 Å². The molecule has 0 atom stereocenters. The van der Waals surface area contributed by atoms with E-state index in [-0.39, 0.29) is 5.91 Å². The van der Waals surface area contributed by atoms with Crippen LogP contribution in [0.1, 0.15) is 21.6 Å². The highest BCUT2D eigenvalue weighted by atomic mass is 32.1. The second-order valence-electron chi connectivity index (χ2n) is 4.97. The summed E-state index contributed by atoms with van der Waals surface area (Å²) in [5.41, 5.74) is 8.23. The summed E-state index contributed by atoms with van der Waals surface area (Å²) >= 11 is 1.26. The Morgan fingerprint density at radius 3 is 2.57 bits per heavy atom. The fraction of sp³-hybridized carbons (Fsp3) is 0.333. The third-order valence-electron chi connectivity index (χ3n) is 2.98. The number of aromatic nitrogens is 1. The van der Waals surface area contributed by atoms with Crippen molar-refractivity contribution in [1.29, 1.82) is 0 Å². The Hall–Kier alpha value is -2.08. The Bertz CT molecular complexity index is 619. The summed E-state index contributed by atoms with van der Waals surface area (Å²) < 4.78 is 5.69. The molecule has 1 amide bonds. The topological polar surface area (TPSA) is 68.5 Å². The molecule has 0 saturated carbocycles. The third kappa shape index (κ3) is 4.19. The van der Waals surface area contributed by atoms with E-state index in [0.717, 1.165) is 16.9 Å². The lowest BCUT2D eigenvalue weighted by molar-refractivity contribution is 0.0769. The number of hydrogen-bond donors (Lipinski definition) is 1. The number of thiazole rings is 1. The molecule has 112 valence electrons. The Labute approximate surface area is 128 Å². The molecule has 0 unspecified atom stereocenters. The summed E-state index contributed by atoms with van der Waals surface area (Å²) in [6, 6.07) is 6.06. The average molecular weight is 305 g/mol. The lowest BCUT2D eigenvalue weighted by atomic mass is 10.1. The minimum atomic E-state index is -0.146. The Kier molecular flexibility index (Phi) is 4.80. The molecule has 0 aliphatic carbocycles. The SMILES string of the molecule is Cc1cc(C)cc(OCCN(C)C(=O)c2csc(N)n2)c1. The first-order chi connectivity index (χ1) is 9.95. The summed E-state index contributed by atoms with van der Waals surface area (Å²) in [5, 5.41) is 2.07. The molecule has 1 aromatic carbocycles. The van der Waals surface area contributed by atoms with Crippen LogP contribution in [-0.2, 0) is 0 Å². The zero-order valence-electron chi connectivity index (χ0n) is 12.4. The molecule has 0 aliphatic rings. The molecule has 5 nitrogen and oxygen atoms in total. The second-order valence-corrected chi connectivity index (χ2v) is 5.86. The molecule has 1 aromatic heterocycles. The molecular weight excluding hydrogens is 286 g/mol. The standard InChI is InChI=1S/C15H19N3O2S/c1-10-6-11(2)8-12(7-10)20-5-4-18(3)14(19)13-9-21-15(16)17-13/h6-9H,4-5H2,1-3H3,(H2,16,17). The number of aryl methyl sites for hydroxylation is 2. The monoisotopic (exact) mass is 305 g/mol. The lowest BCUT2D eigenvalue weighted by Crippen LogP contribution is -2.31. The van der Waals surface area contributed by atoms with Crippen molar-refractivity contribution in [2.75, 3.05) is 25.9 Å². The van der Waals surface area contributed by atoms with Gasteiger partial charge in [-0.25, -0.2) is 4.98 Å². The van der Waals surface area contributed by atoms with E-state index in [9.17, 15) is 4.79 Å². The van der Waals surface area contributed by atoms with Gasteiger partial charge in [-0.15, -0.1) is 11.3 Å². The van der Waals surface area contributed by atoms with Crippen LogP contribution in [0.2, 0.25) is 0 Å². The Morgan fingerprint density at radius 2 is 2.00 bits per heavy atom. The maximum absolute atomic E-state index is 12.1. The first-order valence-electron chi connectivity index (χ1n) is 6.63. The fourth-order valence-corrected chi connectivity index (χ4v) is 2.54. The van der Waals surface area contributed by atoms with Crippen molar-refractivity contribution in [2.45, 2.75) is 13.8 Å². The molecule has 0 radical (unpaired) electrons. The molecule has 0 fully saturated rings. The quantitative estimate of drug-likeness (QED) is 0.921. The molecule has 0 saturated heterocycles. The number of carbonyl (C=O) groups is 1. The smallest absolute Gasteiger partial charge is 0.273 e. The first-order valence-corrected chi connectivity index (χ1v) is 7.51. The van der Waals surface area contributed by atoms with Crippen LogP contribution in [0.5, 0.6) is 5.75 Å². The van der Waals surface area contributed by atoms with Crippen molar-refractivity contribution in [1.82, 2.24) is 9.88 Å². The maximum atomic E-state index is 12.1. The van der Waals surface area contributed by atoms with Crippen molar-refractivity contribution < 1.29 is 9.53 Å². The van der Waals surface area contributed by atoms with Crippen LogP contribution in [0.3, 0.4) is 0 Å². The van der Waals surface area contributed by atoms with E-state index >= 15 is 0 Å². The number of benzene rings is 1. The van der Waals surface area contributed by atoms with E-state index < -0.39 is 0 Å². The molecule has 2 N–H and O–H groups in total. The second kappa shape index (κ2) is 6.58. The van der Waals surface area contributed by atoms with Crippen molar-refractivity contribution in [2.24, 2.45) is 0 Å². The van der Waals surface area contributed by atoms with E-state index in [1.807, 2.05) is 26.0 Å². The zero-order valence-corrected chi connectivity index (χ0v) is 13.2. The number of nitrogen functional groups attached to an aromatic ring is 1. The van der Waals surface area contributed by atoms with Gasteiger partial charge >= 0.3 is 0 Å². The number of amides is 1. The van der Waals surface area contributed by atoms with E-state index in [4.69, 9.17) is 10.5 Å². The van der Waals surface area contributed by atoms with Crippen LogP contribution in [-0.4, -0.2) is 36.0 Å². The van der Waals surface area contributed by atoms with Gasteiger partial charge in [0.05, 0.1) is 6.54 Å². The van der Waals surface area contributed by atoms with Gasteiger partial charge in [0.15, 0.2) is 5.13 Å². The summed E-state index contributed by atoms with van der Waals surface area (Å²) in [5.74, 6) is 0.679. The lowest BCUT2D eigenvalue weighted by Gasteiger charge is -2.16. The van der Waals surface area contributed by atoms with Crippen molar-refractivity contribution in [3.63, 3.8) is 0 Å². The number of nitrogens with zero attached hydrogens (tertiary/aromatic N) is 2. The number of ether oxygens (including phenoxy) is 1. The van der Waals surface area contributed by atoms with Gasteiger partial charge in [0.2, 0.25) is 0 Å². The Morgan fingerprint density at radius 1 is 1.33 bits per heavy atom. The highest BCUT2D eigenvalue weighted by Gasteiger charge is 2.14. The minimum Gasteiger partial charge on any atom is -0.492 e. The number of carbonyl (C=O) groups excluding carboxylic acids is 1. The molecular formula is C15H19N3O2S. The molecule has 2 aromatic rings. The van der Waals surface area contributed by atoms with Gasteiger partial charge in [0.1, 0.15) is 18.1 Å². The van der Waals surface area contributed by atoms with Gasteiger partial charge < -0.3 is 15.4 Å². The fourth-order valence-electron chi connectivity index (χ4n) is 2.00. The van der Waals surface area contributed by atoms with E-state index in [1.54, 1.807) is 17.3 Å². The van der Waals surface area contributed by atoms with Gasteiger partial charge in [-0.3, -0.25) is 4.79 Å². The number of anilines is 1. The number of rotatable bonds is 5. The minimum absolute atomic E-state index is 0.146. The van der Waals surface area contributed by atoms with Crippen LogP contribution in [0, 0.1) is 13.8 Å². The molecule has 6 heteroatoms. The highest BCUT2D eigenvalue weighted by molar-refractivity contribution is 7.13. The molecule has 0 aliphatic heterocycles. The summed E-state index contributed by atoms with van der Waals surface area (Å²) in [6.07, 6.45) is 0. The maximum Gasteiger partial charge on any atom is 0.273 e. The van der Waals surface area contributed by atoms with Crippen LogP contribution in [0.25, 0.3) is 0 Å². The van der Waals surface area contributed by atoms with E-state index in [2.05, 4.69) is 11.1 Å². The number of likely N-dealkylation sites (N-methyl/N-ethyl adjacent to an activating group) is 1. The van der Waals surface area contributed by atoms with Gasteiger partial charge in [-0.05, 0) is 37.1 Å². The van der Waals surface area contributed by atoms with Crippen molar-refractivity contribution in [3.8, 4) is 5.75 Å². The average Bonchev–Trinajstić information content (AvgIpc) is 2.83. The highest BCUT2D eigenvalue weighted by Crippen LogP contribution is 2.16. The van der Waals surface area contributed by atoms with Gasteiger partial charge in [0, 0.05) is 12.4 Å². The molecule has 21 heavy (non-hydrogen) atoms. The molecule has 2 rings (SSSR count). The predicted molar refractivity (Wildman–Crippen MR) is 84.9 cm³/mol. The first kappa shape index (κ1) is 15.3. The van der Waals surface area contributed by atoms with Crippen LogP contribution in [0.4, 0.5) is 5.13 Å². The van der Waals surface area contributed by atoms with Crippen LogP contribution in [0.15, 0.2) is 23.6 Å². The molecule has 1 heterocycles. The Balaban J connectivity index is 1.86. The van der Waals surface area contributed by atoms with Gasteiger partial charge in [-0.2, -0.15) is 0 Å². The van der Waals surface area contributed by atoms with E-state index in [0.29, 0.717) is 24.0 Å². The van der Waals surface area contributed by atoms with Crippen LogP contribution >= 0.6 is 11.3 Å². The van der Waals surface area contributed by atoms with Gasteiger partial charge in [0.25, 0.3) is 5.91 Å². The summed E-state index contributed by atoms with van der Waals surface area (Å²) in [4.78, 5) is 17.6. The summed E-state index contributed by atoms with van der Waals surface area (Å²) in [7, 11) is 1.72. The molecule has 0 spiro atoms. The largest absolute Gasteiger partial charge is 0.492 e.